The molecule has 0 aliphatic heterocycles. The molecule has 1 fully saturated rings. The molecular formula is C17H26FIN4O. The molecule has 0 bridgehead atoms. The van der Waals surface area contributed by atoms with Crippen LogP contribution in [0.3, 0.4) is 0 Å². The van der Waals surface area contributed by atoms with Gasteiger partial charge in [-0.25, -0.2) is 4.39 Å². The minimum absolute atomic E-state index is 0. The van der Waals surface area contributed by atoms with Gasteiger partial charge in [0, 0.05) is 32.0 Å². The summed E-state index contributed by atoms with van der Waals surface area (Å²) in [4.78, 5) is 15.4. The summed E-state index contributed by atoms with van der Waals surface area (Å²) in [6.07, 6.45) is 1.92. The predicted octanol–water partition coefficient (Wildman–Crippen LogP) is 2.17. The molecule has 2 rings (SSSR count). The van der Waals surface area contributed by atoms with Gasteiger partial charge in [-0.3, -0.25) is 9.79 Å². The molecule has 24 heavy (non-hydrogen) atoms. The third-order valence-electron chi connectivity index (χ3n) is 3.97. The van der Waals surface area contributed by atoms with Crippen molar-refractivity contribution in [3.63, 3.8) is 0 Å². The molecule has 0 aromatic heterocycles. The minimum Gasteiger partial charge on any atom is -0.357 e. The zero-order valence-corrected chi connectivity index (χ0v) is 16.5. The highest BCUT2D eigenvalue weighted by molar-refractivity contribution is 14.0. The second-order valence-electron chi connectivity index (χ2n) is 5.87. The molecule has 1 aliphatic carbocycles. The molecule has 1 amide bonds. The van der Waals surface area contributed by atoms with Gasteiger partial charge in [0.1, 0.15) is 5.82 Å². The number of carbonyl (C=O) groups excluding carboxylic acids is 1. The lowest BCUT2D eigenvalue weighted by atomic mass is 9.95. The Labute approximate surface area is 159 Å². The van der Waals surface area contributed by atoms with E-state index in [-0.39, 0.29) is 41.1 Å². The van der Waals surface area contributed by atoms with E-state index < -0.39 is 0 Å². The molecule has 7 heteroatoms. The summed E-state index contributed by atoms with van der Waals surface area (Å²) in [6, 6.07) is 6.95. The van der Waals surface area contributed by atoms with Gasteiger partial charge < -0.3 is 16.0 Å². The van der Waals surface area contributed by atoms with Gasteiger partial charge in [-0.15, -0.1) is 24.0 Å². The molecule has 0 heterocycles. The lowest BCUT2D eigenvalue weighted by Crippen LogP contribution is -2.41. The number of guanidine groups is 1. The average molecular weight is 448 g/mol. The molecule has 0 saturated heterocycles. The second kappa shape index (κ2) is 9.80. The van der Waals surface area contributed by atoms with Crippen molar-refractivity contribution in [1.82, 2.24) is 16.0 Å². The van der Waals surface area contributed by atoms with Crippen molar-refractivity contribution in [2.24, 2.45) is 4.99 Å². The molecular weight excluding hydrogens is 422 g/mol. The lowest BCUT2D eigenvalue weighted by Gasteiger charge is -2.16. The Balaban J connectivity index is 0.00000288. The number of nitrogens with one attached hydrogen (secondary N) is 3. The number of amides is 1. The fourth-order valence-corrected chi connectivity index (χ4v) is 2.55. The summed E-state index contributed by atoms with van der Waals surface area (Å²) in [7, 11) is 0. The normalized spacial score (nSPS) is 15.2. The highest BCUT2D eigenvalue weighted by atomic mass is 127. The Bertz CT molecular complexity index is 575. The van der Waals surface area contributed by atoms with Crippen LogP contribution in [0, 0.1) is 5.82 Å². The molecule has 0 atom stereocenters. The Morgan fingerprint density at radius 2 is 1.88 bits per heavy atom. The summed E-state index contributed by atoms with van der Waals surface area (Å²) < 4.78 is 14.0. The van der Waals surface area contributed by atoms with Crippen molar-refractivity contribution in [2.75, 3.05) is 26.2 Å². The van der Waals surface area contributed by atoms with Crippen LogP contribution in [0.5, 0.6) is 0 Å². The first-order chi connectivity index (χ1) is 11.1. The molecule has 1 aromatic rings. The zero-order valence-electron chi connectivity index (χ0n) is 14.2. The van der Waals surface area contributed by atoms with Gasteiger partial charge in [0.15, 0.2) is 5.96 Å². The number of nitrogens with zero attached hydrogens (tertiary/aromatic N) is 1. The highest BCUT2D eigenvalue weighted by Gasteiger charge is 2.45. The summed E-state index contributed by atoms with van der Waals surface area (Å²) in [5, 5.41) is 9.07. The van der Waals surface area contributed by atoms with Crippen LogP contribution in [0.2, 0.25) is 0 Å². The van der Waals surface area contributed by atoms with Gasteiger partial charge in [-0.2, -0.15) is 0 Å². The van der Waals surface area contributed by atoms with E-state index in [9.17, 15) is 9.18 Å². The van der Waals surface area contributed by atoms with Crippen LogP contribution in [-0.2, 0) is 10.2 Å². The van der Waals surface area contributed by atoms with Gasteiger partial charge >= 0.3 is 0 Å². The molecule has 134 valence electrons. The maximum atomic E-state index is 14.0. The fourth-order valence-electron chi connectivity index (χ4n) is 2.55. The average Bonchev–Trinajstić information content (AvgIpc) is 3.30. The molecule has 0 radical (unpaired) electrons. The Kier molecular flexibility index (Phi) is 8.44. The number of hydrogen-bond acceptors (Lipinski definition) is 2. The Morgan fingerprint density at radius 1 is 1.21 bits per heavy atom. The highest BCUT2D eigenvalue weighted by Crippen LogP contribution is 2.49. The topological polar surface area (TPSA) is 65.5 Å². The van der Waals surface area contributed by atoms with Crippen LogP contribution in [0.25, 0.3) is 0 Å². The van der Waals surface area contributed by atoms with Gasteiger partial charge in [0.05, 0.1) is 6.54 Å². The summed E-state index contributed by atoms with van der Waals surface area (Å²) in [5.74, 6) is 0.495. The van der Waals surface area contributed by atoms with Crippen LogP contribution in [0.1, 0.15) is 32.3 Å². The van der Waals surface area contributed by atoms with Crippen molar-refractivity contribution in [1.29, 1.82) is 0 Å². The molecule has 5 nitrogen and oxygen atoms in total. The first-order valence-electron chi connectivity index (χ1n) is 8.09. The van der Waals surface area contributed by atoms with Crippen molar-refractivity contribution in [3.8, 4) is 0 Å². The number of rotatable bonds is 7. The number of halogens is 2. The van der Waals surface area contributed by atoms with E-state index in [1.807, 2.05) is 19.1 Å². The largest absolute Gasteiger partial charge is 0.357 e. The Hall–Kier alpha value is -1.38. The number of benzene rings is 1. The smallest absolute Gasteiger partial charge is 0.216 e. The van der Waals surface area contributed by atoms with Gasteiger partial charge in [0.2, 0.25) is 5.91 Å². The minimum atomic E-state index is -0.161. The van der Waals surface area contributed by atoms with Crippen molar-refractivity contribution >= 4 is 35.8 Å². The standard InChI is InChI=1S/C17H25FN4O.HI/c1-3-19-16(21-11-10-20-13(2)23)22-12-17(8-9-17)14-6-4-5-7-15(14)18;/h4-7H,3,8-12H2,1-2H3,(H,20,23)(H2,19,21,22);1H. The third kappa shape index (κ3) is 5.92. The molecule has 3 N–H and O–H groups in total. The second-order valence-corrected chi connectivity index (χ2v) is 5.87. The van der Waals surface area contributed by atoms with Crippen LogP contribution < -0.4 is 16.0 Å². The van der Waals surface area contributed by atoms with Crippen LogP contribution in [-0.4, -0.2) is 38.0 Å². The quantitative estimate of drug-likeness (QED) is 0.259. The zero-order chi connectivity index (χ0) is 16.7. The van der Waals surface area contributed by atoms with Crippen molar-refractivity contribution in [3.05, 3.63) is 35.6 Å². The van der Waals surface area contributed by atoms with Crippen LogP contribution in [0.15, 0.2) is 29.3 Å². The summed E-state index contributed by atoms with van der Waals surface area (Å²) >= 11 is 0. The maximum absolute atomic E-state index is 14.0. The van der Waals surface area contributed by atoms with E-state index in [0.29, 0.717) is 25.6 Å². The summed E-state index contributed by atoms with van der Waals surface area (Å²) in [6.45, 7) is 5.93. The van der Waals surface area contributed by atoms with Crippen LogP contribution >= 0.6 is 24.0 Å². The number of hydrogen-bond donors (Lipinski definition) is 3. The monoisotopic (exact) mass is 448 g/mol. The molecule has 1 aliphatic rings. The van der Waals surface area contributed by atoms with Gasteiger partial charge in [-0.05, 0) is 31.4 Å². The van der Waals surface area contributed by atoms with E-state index >= 15 is 0 Å². The van der Waals surface area contributed by atoms with E-state index in [1.165, 1.54) is 13.0 Å². The van der Waals surface area contributed by atoms with Crippen molar-refractivity contribution < 1.29 is 9.18 Å². The number of aliphatic imine (C=N–C) groups is 1. The molecule has 1 aromatic carbocycles. The van der Waals surface area contributed by atoms with Gasteiger partial charge in [-0.1, -0.05) is 18.2 Å². The predicted molar refractivity (Wildman–Crippen MR) is 105 cm³/mol. The lowest BCUT2D eigenvalue weighted by molar-refractivity contribution is -0.118. The summed E-state index contributed by atoms with van der Waals surface area (Å²) in [5.41, 5.74) is 0.601. The Morgan fingerprint density at radius 3 is 2.46 bits per heavy atom. The van der Waals surface area contributed by atoms with E-state index in [2.05, 4.69) is 20.9 Å². The van der Waals surface area contributed by atoms with E-state index in [1.54, 1.807) is 6.07 Å². The van der Waals surface area contributed by atoms with Gasteiger partial charge in [0.25, 0.3) is 0 Å². The van der Waals surface area contributed by atoms with Crippen LogP contribution in [0.4, 0.5) is 4.39 Å². The van der Waals surface area contributed by atoms with E-state index in [4.69, 9.17) is 0 Å². The van der Waals surface area contributed by atoms with E-state index in [0.717, 1.165) is 24.9 Å². The first kappa shape index (κ1) is 20.7. The SMILES string of the molecule is CCNC(=NCC1(c2ccccc2F)CC1)NCCNC(C)=O.I. The number of carbonyl (C=O) groups is 1. The molecule has 1 saturated carbocycles. The fraction of sp³-hybridized carbons (Fsp3) is 0.529. The maximum Gasteiger partial charge on any atom is 0.216 e. The molecule has 0 unspecified atom stereocenters. The first-order valence-corrected chi connectivity index (χ1v) is 8.09. The van der Waals surface area contributed by atoms with Crippen molar-refractivity contribution in [2.45, 2.75) is 32.1 Å². The molecule has 0 spiro atoms. The third-order valence-corrected chi connectivity index (χ3v) is 3.97.